The number of benzene rings is 3. The molecule has 150 valence electrons. The van der Waals surface area contributed by atoms with Crippen molar-refractivity contribution in [1.82, 2.24) is 10.6 Å². The van der Waals surface area contributed by atoms with Gasteiger partial charge < -0.3 is 15.4 Å². The second-order valence-electron chi connectivity index (χ2n) is 7.68. The number of fused-ring (bicyclic) bond motifs is 1. The van der Waals surface area contributed by atoms with Crippen molar-refractivity contribution in [3.8, 4) is 0 Å². The number of guanidine groups is 1. The smallest absolute Gasteiger partial charge is 0.191 e. The average molecular weight is 388 g/mol. The van der Waals surface area contributed by atoms with Crippen LogP contribution < -0.4 is 10.6 Å². The van der Waals surface area contributed by atoms with Crippen LogP contribution in [0.15, 0.2) is 77.8 Å². The summed E-state index contributed by atoms with van der Waals surface area (Å²) in [6.45, 7) is 3.82. The number of hydrogen-bond donors (Lipinski definition) is 2. The highest BCUT2D eigenvalue weighted by Gasteiger charge is 2.29. The molecule has 4 nitrogen and oxygen atoms in total. The van der Waals surface area contributed by atoms with E-state index in [2.05, 4.69) is 89.3 Å². The lowest BCUT2D eigenvalue weighted by Gasteiger charge is -2.23. The van der Waals surface area contributed by atoms with Gasteiger partial charge in [0.1, 0.15) is 0 Å². The third-order valence-electron chi connectivity index (χ3n) is 5.72. The molecular formula is C25H29N3O. The van der Waals surface area contributed by atoms with Crippen molar-refractivity contribution in [2.24, 2.45) is 10.9 Å². The molecule has 3 aromatic carbocycles. The fourth-order valence-electron chi connectivity index (χ4n) is 4.04. The Morgan fingerprint density at radius 3 is 2.59 bits per heavy atom. The van der Waals surface area contributed by atoms with Gasteiger partial charge in [-0.05, 0) is 41.3 Å². The molecule has 0 bridgehead atoms. The Morgan fingerprint density at radius 1 is 1.03 bits per heavy atom. The van der Waals surface area contributed by atoms with Crippen molar-refractivity contribution < 1.29 is 4.74 Å². The maximum Gasteiger partial charge on any atom is 0.191 e. The van der Waals surface area contributed by atoms with Crippen LogP contribution in [0, 0.1) is 5.92 Å². The maximum absolute atomic E-state index is 6.01. The molecule has 1 aliphatic rings. The zero-order valence-electron chi connectivity index (χ0n) is 17.1. The number of ether oxygens (including phenoxy) is 1. The molecule has 2 N–H and O–H groups in total. The van der Waals surface area contributed by atoms with Gasteiger partial charge in [-0.3, -0.25) is 4.99 Å². The van der Waals surface area contributed by atoms with Crippen molar-refractivity contribution >= 4 is 16.7 Å². The van der Waals surface area contributed by atoms with Gasteiger partial charge >= 0.3 is 0 Å². The molecule has 3 unspecified atom stereocenters. The van der Waals surface area contributed by atoms with E-state index < -0.39 is 0 Å². The van der Waals surface area contributed by atoms with Crippen LogP contribution in [0.5, 0.6) is 0 Å². The molecule has 0 saturated carbocycles. The summed E-state index contributed by atoms with van der Waals surface area (Å²) in [4.78, 5) is 4.43. The molecule has 1 saturated heterocycles. The summed E-state index contributed by atoms with van der Waals surface area (Å²) < 4.78 is 6.01. The van der Waals surface area contributed by atoms with Gasteiger partial charge in [-0.15, -0.1) is 0 Å². The minimum Gasteiger partial charge on any atom is -0.373 e. The zero-order valence-corrected chi connectivity index (χ0v) is 17.1. The Balaban J connectivity index is 1.37. The first kappa shape index (κ1) is 19.5. The van der Waals surface area contributed by atoms with Crippen LogP contribution in [-0.2, 0) is 4.74 Å². The van der Waals surface area contributed by atoms with Crippen molar-refractivity contribution in [3.05, 3.63) is 83.9 Å². The quantitative estimate of drug-likeness (QED) is 0.486. The third-order valence-corrected chi connectivity index (χ3v) is 5.72. The van der Waals surface area contributed by atoms with E-state index in [4.69, 9.17) is 4.74 Å². The molecule has 3 atom stereocenters. The monoisotopic (exact) mass is 387 g/mol. The molecule has 0 spiro atoms. The van der Waals surface area contributed by atoms with Crippen LogP contribution in [0.4, 0.5) is 0 Å². The van der Waals surface area contributed by atoms with Crippen LogP contribution in [0.25, 0.3) is 10.8 Å². The van der Waals surface area contributed by atoms with E-state index in [9.17, 15) is 0 Å². The predicted molar refractivity (Wildman–Crippen MR) is 120 cm³/mol. The highest BCUT2D eigenvalue weighted by Crippen LogP contribution is 2.33. The van der Waals surface area contributed by atoms with E-state index in [1.54, 1.807) is 0 Å². The lowest BCUT2D eigenvalue weighted by atomic mass is 9.95. The summed E-state index contributed by atoms with van der Waals surface area (Å²) in [5.41, 5.74) is 2.50. The van der Waals surface area contributed by atoms with Crippen LogP contribution >= 0.6 is 0 Å². The van der Waals surface area contributed by atoms with E-state index in [1.807, 2.05) is 13.1 Å². The summed E-state index contributed by atoms with van der Waals surface area (Å²) >= 11 is 0. The average Bonchev–Trinajstić information content (AvgIpc) is 3.25. The first-order valence-electron chi connectivity index (χ1n) is 10.4. The lowest BCUT2D eigenvalue weighted by molar-refractivity contribution is 0.0915. The highest BCUT2D eigenvalue weighted by atomic mass is 16.5. The summed E-state index contributed by atoms with van der Waals surface area (Å²) in [5.74, 6) is 1.26. The molecule has 4 heteroatoms. The fourth-order valence-corrected chi connectivity index (χ4v) is 4.04. The summed E-state index contributed by atoms with van der Waals surface area (Å²) in [7, 11) is 1.82. The van der Waals surface area contributed by atoms with E-state index in [0.29, 0.717) is 5.92 Å². The SMILES string of the molecule is CN=C(NCC1CCOC1c1ccccc1)NC(C)c1ccc2ccccc2c1. The van der Waals surface area contributed by atoms with E-state index in [0.717, 1.165) is 25.5 Å². The van der Waals surface area contributed by atoms with Gasteiger partial charge in [0.2, 0.25) is 0 Å². The number of nitrogens with one attached hydrogen (secondary N) is 2. The highest BCUT2D eigenvalue weighted by molar-refractivity contribution is 5.84. The molecular weight excluding hydrogens is 358 g/mol. The molecule has 0 amide bonds. The Labute approximate surface area is 173 Å². The summed E-state index contributed by atoms with van der Waals surface area (Å²) in [6.07, 6.45) is 1.21. The van der Waals surface area contributed by atoms with Crippen LogP contribution in [-0.4, -0.2) is 26.2 Å². The van der Waals surface area contributed by atoms with Crippen molar-refractivity contribution in [2.45, 2.75) is 25.5 Å². The second-order valence-corrected chi connectivity index (χ2v) is 7.68. The standard InChI is InChI=1S/C25H29N3O/c1-18(21-13-12-19-8-6-7-11-22(19)16-21)28-25(26-2)27-17-23-14-15-29-24(23)20-9-4-3-5-10-20/h3-13,16,18,23-24H,14-15,17H2,1-2H3,(H2,26,27,28). The van der Waals surface area contributed by atoms with Gasteiger partial charge in [-0.2, -0.15) is 0 Å². The maximum atomic E-state index is 6.01. The van der Waals surface area contributed by atoms with E-state index in [1.165, 1.54) is 21.9 Å². The van der Waals surface area contributed by atoms with Crippen LogP contribution in [0.2, 0.25) is 0 Å². The van der Waals surface area contributed by atoms with Gasteiger partial charge in [0, 0.05) is 26.1 Å². The molecule has 1 heterocycles. The molecule has 29 heavy (non-hydrogen) atoms. The molecule has 1 fully saturated rings. The Morgan fingerprint density at radius 2 is 1.79 bits per heavy atom. The van der Waals surface area contributed by atoms with Gasteiger partial charge in [0.15, 0.2) is 5.96 Å². The first-order chi connectivity index (χ1) is 14.2. The van der Waals surface area contributed by atoms with Gasteiger partial charge in [-0.25, -0.2) is 0 Å². The molecule has 3 aromatic rings. The van der Waals surface area contributed by atoms with Gasteiger partial charge in [0.25, 0.3) is 0 Å². The van der Waals surface area contributed by atoms with Gasteiger partial charge in [0.05, 0.1) is 12.1 Å². The topological polar surface area (TPSA) is 45.7 Å². The van der Waals surface area contributed by atoms with Crippen molar-refractivity contribution in [2.75, 3.05) is 20.2 Å². The normalized spacial score (nSPS) is 20.6. The minimum atomic E-state index is 0.153. The van der Waals surface area contributed by atoms with E-state index in [-0.39, 0.29) is 12.1 Å². The Bertz CT molecular complexity index is 970. The van der Waals surface area contributed by atoms with Crippen molar-refractivity contribution in [3.63, 3.8) is 0 Å². The largest absolute Gasteiger partial charge is 0.373 e. The van der Waals surface area contributed by atoms with E-state index >= 15 is 0 Å². The number of hydrogen-bond acceptors (Lipinski definition) is 2. The molecule has 0 aliphatic carbocycles. The predicted octanol–water partition coefficient (Wildman–Crippen LogP) is 4.84. The van der Waals surface area contributed by atoms with Crippen molar-refractivity contribution in [1.29, 1.82) is 0 Å². The number of nitrogens with zero attached hydrogens (tertiary/aromatic N) is 1. The Hall–Kier alpha value is -2.85. The minimum absolute atomic E-state index is 0.153. The summed E-state index contributed by atoms with van der Waals surface area (Å²) in [6, 6.07) is 25.7. The lowest BCUT2D eigenvalue weighted by Crippen LogP contribution is -2.41. The molecule has 0 radical (unpaired) electrons. The summed E-state index contributed by atoms with van der Waals surface area (Å²) in [5, 5.41) is 9.55. The Kier molecular flexibility index (Phi) is 6.11. The number of rotatable bonds is 5. The second kappa shape index (κ2) is 9.10. The van der Waals surface area contributed by atoms with Crippen LogP contribution in [0.1, 0.15) is 36.6 Å². The van der Waals surface area contributed by atoms with Crippen LogP contribution in [0.3, 0.4) is 0 Å². The third kappa shape index (κ3) is 4.60. The number of aliphatic imine (C=N–C) groups is 1. The molecule has 0 aromatic heterocycles. The van der Waals surface area contributed by atoms with Gasteiger partial charge in [-0.1, -0.05) is 66.7 Å². The molecule has 4 rings (SSSR count). The zero-order chi connectivity index (χ0) is 20.1. The fraction of sp³-hybridized carbons (Fsp3) is 0.320. The first-order valence-corrected chi connectivity index (χ1v) is 10.4. The molecule has 1 aliphatic heterocycles.